The van der Waals surface area contributed by atoms with Gasteiger partial charge in [0.1, 0.15) is 5.82 Å². The van der Waals surface area contributed by atoms with Crippen molar-refractivity contribution >= 4 is 23.2 Å². The third kappa shape index (κ3) is 3.34. The third-order valence-electron chi connectivity index (χ3n) is 2.76. The SMILES string of the molecule is Cc1nc(CN(C)C(=O)c2ccc([N+](=O)[O-])cc2Cl)n[nH]1. The summed E-state index contributed by atoms with van der Waals surface area (Å²) < 4.78 is 0. The third-order valence-corrected chi connectivity index (χ3v) is 3.08. The van der Waals surface area contributed by atoms with Gasteiger partial charge in [0, 0.05) is 19.2 Å². The van der Waals surface area contributed by atoms with E-state index in [-0.39, 0.29) is 28.7 Å². The molecule has 0 aliphatic heterocycles. The van der Waals surface area contributed by atoms with E-state index in [1.165, 1.54) is 17.0 Å². The number of carbonyl (C=O) groups is 1. The Morgan fingerprint density at radius 1 is 1.52 bits per heavy atom. The largest absolute Gasteiger partial charge is 0.334 e. The van der Waals surface area contributed by atoms with Crippen molar-refractivity contribution in [2.75, 3.05) is 7.05 Å². The lowest BCUT2D eigenvalue weighted by atomic mass is 10.2. The Bertz CT molecular complexity index is 700. The molecule has 9 heteroatoms. The van der Waals surface area contributed by atoms with Crippen molar-refractivity contribution in [3.05, 3.63) is 50.5 Å². The number of amides is 1. The van der Waals surface area contributed by atoms with Crippen molar-refractivity contribution in [2.45, 2.75) is 13.5 Å². The number of aromatic nitrogens is 3. The Morgan fingerprint density at radius 3 is 2.76 bits per heavy atom. The second-order valence-corrected chi connectivity index (χ2v) is 4.83. The van der Waals surface area contributed by atoms with Gasteiger partial charge >= 0.3 is 0 Å². The van der Waals surface area contributed by atoms with E-state index in [1.54, 1.807) is 14.0 Å². The fourth-order valence-corrected chi connectivity index (χ4v) is 2.00. The molecular weight excluding hydrogens is 298 g/mol. The van der Waals surface area contributed by atoms with E-state index in [4.69, 9.17) is 11.6 Å². The maximum Gasteiger partial charge on any atom is 0.270 e. The van der Waals surface area contributed by atoms with E-state index in [1.807, 2.05) is 0 Å². The maximum absolute atomic E-state index is 12.3. The molecule has 1 N–H and O–H groups in total. The molecule has 0 saturated carbocycles. The Morgan fingerprint density at radius 2 is 2.24 bits per heavy atom. The first-order valence-corrected chi connectivity index (χ1v) is 6.33. The van der Waals surface area contributed by atoms with Gasteiger partial charge in [0.05, 0.1) is 22.1 Å². The molecule has 0 unspecified atom stereocenters. The van der Waals surface area contributed by atoms with Crippen LogP contribution < -0.4 is 0 Å². The minimum atomic E-state index is -0.569. The molecule has 1 aromatic carbocycles. The van der Waals surface area contributed by atoms with Crippen LogP contribution in [0.1, 0.15) is 22.0 Å². The van der Waals surface area contributed by atoms with Crippen LogP contribution in [-0.2, 0) is 6.54 Å². The quantitative estimate of drug-likeness (QED) is 0.686. The zero-order chi connectivity index (χ0) is 15.6. The monoisotopic (exact) mass is 309 g/mol. The molecule has 1 aromatic heterocycles. The van der Waals surface area contributed by atoms with Crippen molar-refractivity contribution in [2.24, 2.45) is 0 Å². The van der Waals surface area contributed by atoms with Gasteiger partial charge in [-0.1, -0.05) is 11.6 Å². The van der Waals surface area contributed by atoms with Gasteiger partial charge in [-0.15, -0.1) is 0 Å². The van der Waals surface area contributed by atoms with Gasteiger partial charge in [0.15, 0.2) is 5.82 Å². The predicted molar refractivity (Wildman–Crippen MR) is 75.0 cm³/mol. The number of nitrogens with zero attached hydrogens (tertiary/aromatic N) is 4. The van der Waals surface area contributed by atoms with Crippen molar-refractivity contribution < 1.29 is 9.72 Å². The number of H-pyrrole nitrogens is 1. The van der Waals surface area contributed by atoms with Crippen LogP contribution in [0.15, 0.2) is 18.2 Å². The highest BCUT2D eigenvalue weighted by molar-refractivity contribution is 6.34. The second kappa shape index (κ2) is 5.88. The van der Waals surface area contributed by atoms with E-state index >= 15 is 0 Å². The fourth-order valence-electron chi connectivity index (χ4n) is 1.74. The maximum atomic E-state index is 12.3. The van der Waals surface area contributed by atoms with Gasteiger partial charge < -0.3 is 4.90 Å². The number of nitrogens with one attached hydrogen (secondary N) is 1. The summed E-state index contributed by atoms with van der Waals surface area (Å²) in [5.74, 6) is 0.762. The molecule has 1 amide bonds. The van der Waals surface area contributed by atoms with E-state index in [9.17, 15) is 14.9 Å². The Hall–Kier alpha value is -2.48. The summed E-state index contributed by atoms with van der Waals surface area (Å²) in [6, 6.07) is 3.73. The molecule has 0 fully saturated rings. The number of aryl methyl sites for hydroxylation is 1. The smallest absolute Gasteiger partial charge is 0.270 e. The van der Waals surface area contributed by atoms with Crippen LogP contribution in [0.25, 0.3) is 0 Å². The molecule has 0 aliphatic carbocycles. The number of nitro groups is 1. The predicted octanol–water partition coefficient (Wildman–Crippen LogP) is 1.95. The van der Waals surface area contributed by atoms with Crippen LogP contribution in [0.5, 0.6) is 0 Å². The van der Waals surface area contributed by atoms with Gasteiger partial charge in [-0.2, -0.15) is 5.10 Å². The summed E-state index contributed by atoms with van der Waals surface area (Å²) in [7, 11) is 1.58. The fraction of sp³-hybridized carbons (Fsp3) is 0.250. The lowest BCUT2D eigenvalue weighted by Crippen LogP contribution is -2.27. The summed E-state index contributed by atoms with van der Waals surface area (Å²) in [6.45, 7) is 1.96. The Labute approximate surface area is 124 Å². The molecule has 0 saturated heterocycles. The normalized spacial score (nSPS) is 10.4. The number of hydrogen-bond donors (Lipinski definition) is 1. The number of non-ortho nitro benzene ring substituents is 1. The molecule has 21 heavy (non-hydrogen) atoms. The number of rotatable bonds is 4. The highest BCUT2D eigenvalue weighted by atomic mass is 35.5. The van der Waals surface area contributed by atoms with Crippen LogP contribution in [-0.4, -0.2) is 38.0 Å². The van der Waals surface area contributed by atoms with Gasteiger partial charge in [0.2, 0.25) is 0 Å². The molecule has 1 heterocycles. The molecule has 0 aliphatic rings. The molecule has 2 rings (SSSR count). The zero-order valence-corrected chi connectivity index (χ0v) is 12.1. The van der Waals surface area contributed by atoms with Crippen LogP contribution >= 0.6 is 11.6 Å². The summed E-state index contributed by atoms with van der Waals surface area (Å²) in [5, 5.41) is 17.3. The first-order chi connectivity index (χ1) is 9.88. The molecule has 2 aromatic rings. The van der Waals surface area contributed by atoms with E-state index < -0.39 is 4.92 Å². The van der Waals surface area contributed by atoms with Crippen LogP contribution in [0.3, 0.4) is 0 Å². The highest BCUT2D eigenvalue weighted by Crippen LogP contribution is 2.23. The van der Waals surface area contributed by atoms with Crippen LogP contribution in [0, 0.1) is 17.0 Å². The summed E-state index contributed by atoms with van der Waals surface area (Å²) in [6.07, 6.45) is 0. The minimum absolute atomic E-state index is 0.0345. The van der Waals surface area contributed by atoms with E-state index in [0.717, 1.165) is 6.07 Å². The standard InChI is InChI=1S/C12H12ClN5O3/c1-7-14-11(16-15-7)6-17(2)12(19)9-4-3-8(18(20)21)5-10(9)13/h3-5H,6H2,1-2H3,(H,14,15,16). The number of nitro benzene ring substituents is 1. The first-order valence-electron chi connectivity index (χ1n) is 5.95. The molecule has 0 atom stereocenters. The van der Waals surface area contributed by atoms with Crippen molar-refractivity contribution in [1.29, 1.82) is 0 Å². The molecule has 0 spiro atoms. The highest BCUT2D eigenvalue weighted by Gasteiger charge is 2.19. The van der Waals surface area contributed by atoms with Crippen LogP contribution in [0.2, 0.25) is 5.02 Å². The topological polar surface area (TPSA) is 105 Å². The van der Waals surface area contributed by atoms with Crippen molar-refractivity contribution in [3.63, 3.8) is 0 Å². The molecule has 8 nitrogen and oxygen atoms in total. The lowest BCUT2D eigenvalue weighted by Gasteiger charge is -2.15. The minimum Gasteiger partial charge on any atom is -0.334 e. The van der Waals surface area contributed by atoms with Crippen molar-refractivity contribution in [3.8, 4) is 0 Å². The second-order valence-electron chi connectivity index (χ2n) is 4.42. The number of halogens is 1. The Kier molecular flexibility index (Phi) is 4.18. The lowest BCUT2D eigenvalue weighted by molar-refractivity contribution is -0.384. The van der Waals surface area contributed by atoms with E-state index in [2.05, 4.69) is 15.2 Å². The average molecular weight is 310 g/mol. The van der Waals surface area contributed by atoms with Gasteiger partial charge in [-0.3, -0.25) is 20.0 Å². The number of carbonyl (C=O) groups excluding carboxylic acids is 1. The molecular formula is C12H12ClN5O3. The zero-order valence-electron chi connectivity index (χ0n) is 11.3. The Balaban J connectivity index is 2.17. The molecule has 110 valence electrons. The van der Waals surface area contributed by atoms with Crippen molar-refractivity contribution in [1.82, 2.24) is 20.1 Å². The van der Waals surface area contributed by atoms with Gasteiger partial charge in [-0.25, -0.2) is 4.98 Å². The number of aromatic amines is 1. The van der Waals surface area contributed by atoms with Gasteiger partial charge in [0.25, 0.3) is 11.6 Å². The summed E-state index contributed by atoms with van der Waals surface area (Å²) >= 11 is 5.93. The van der Waals surface area contributed by atoms with Crippen LogP contribution in [0.4, 0.5) is 5.69 Å². The summed E-state index contributed by atoms with van der Waals surface area (Å²) in [5.41, 5.74) is 0.0285. The summed E-state index contributed by atoms with van der Waals surface area (Å²) in [4.78, 5) is 27.8. The first kappa shape index (κ1) is 14.9. The number of benzene rings is 1. The molecule has 0 radical (unpaired) electrons. The van der Waals surface area contributed by atoms with E-state index in [0.29, 0.717) is 11.6 Å². The van der Waals surface area contributed by atoms with Gasteiger partial charge in [-0.05, 0) is 13.0 Å². The average Bonchev–Trinajstić information content (AvgIpc) is 2.83. The number of hydrogen-bond acceptors (Lipinski definition) is 5. The molecule has 0 bridgehead atoms.